The van der Waals surface area contributed by atoms with Crippen LogP contribution in [0.2, 0.25) is 0 Å². The van der Waals surface area contributed by atoms with E-state index in [1.807, 2.05) is 18.2 Å². The predicted molar refractivity (Wildman–Crippen MR) is 87.4 cm³/mol. The zero-order valence-electron chi connectivity index (χ0n) is 12.2. The van der Waals surface area contributed by atoms with Crippen molar-refractivity contribution in [1.82, 2.24) is 0 Å². The quantitative estimate of drug-likeness (QED) is 0.636. The van der Waals surface area contributed by atoms with Crippen LogP contribution in [0.25, 0.3) is 0 Å². The molecule has 1 saturated heterocycles. The average Bonchev–Trinajstić information content (AvgIpc) is 2.47. The van der Waals surface area contributed by atoms with E-state index in [4.69, 9.17) is 10.5 Å². The lowest BCUT2D eigenvalue weighted by molar-refractivity contribution is -0.111. The van der Waals surface area contributed by atoms with Gasteiger partial charge in [-0.2, -0.15) is 0 Å². The van der Waals surface area contributed by atoms with Crippen molar-refractivity contribution < 1.29 is 9.53 Å². The second-order valence-corrected chi connectivity index (χ2v) is 7.29. The van der Waals surface area contributed by atoms with Crippen LogP contribution in [0.4, 0.5) is 5.69 Å². The number of carbonyl (C=O) groups excluding carboxylic acids is 1. The fraction of sp³-hybridized carbons (Fsp3) is 0.588. The summed E-state index contributed by atoms with van der Waals surface area (Å²) in [6, 6.07) is 5.53. The smallest absolute Gasteiger partial charge is 0.168 e. The Morgan fingerprint density at radius 3 is 2.76 bits per heavy atom. The van der Waals surface area contributed by atoms with Gasteiger partial charge >= 0.3 is 0 Å². The van der Waals surface area contributed by atoms with Crippen LogP contribution in [0, 0.1) is 5.92 Å². The third-order valence-corrected chi connectivity index (χ3v) is 5.40. The van der Waals surface area contributed by atoms with Crippen molar-refractivity contribution in [1.29, 1.82) is 0 Å². The van der Waals surface area contributed by atoms with Gasteiger partial charge in [-0.15, -0.1) is 0 Å². The first-order valence-electron chi connectivity index (χ1n) is 7.83. The maximum absolute atomic E-state index is 12.8. The second kappa shape index (κ2) is 6.09. The Balaban J connectivity index is 1.77. The lowest BCUT2D eigenvalue weighted by Crippen LogP contribution is -2.43. The Hall–Kier alpha value is -0.870. The Morgan fingerprint density at radius 1 is 1.29 bits per heavy atom. The normalized spacial score (nSPS) is 24.9. The summed E-state index contributed by atoms with van der Waals surface area (Å²) in [6.07, 6.45) is 7.63. The molecule has 1 aliphatic heterocycles. The lowest BCUT2D eigenvalue weighted by atomic mass is 9.74. The summed E-state index contributed by atoms with van der Waals surface area (Å²) < 4.78 is 6.99. The molecule has 3 rings (SSSR count). The van der Waals surface area contributed by atoms with Crippen molar-refractivity contribution in [3.8, 4) is 0 Å². The van der Waals surface area contributed by atoms with Gasteiger partial charge in [0.15, 0.2) is 5.78 Å². The topological polar surface area (TPSA) is 52.3 Å². The summed E-state index contributed by atoms with van der Waals surface area (Å²) in [5, 5.41) is 0. The van der Waals surface area contributed by atoms with Gasteiger partial charge in [-0.1, -0.05) is 35.2 Å². The SMILES string of the molecule is Nc1cc(Br)ccc1C(=O)C1CCOC2(CCCCC2)C1. The summed E-state index contributed by atoms with van der Waals surface area (Å²) in [4.78, 5) is 12.8. The predicted octanol–water partition coefficient (Wildman–Crippen LogP) is 4.34. The van der Waals surface area contributed by atoms with Crippen molar-refractivity contribution in [2.75, 3.05) is 12.3 Å². The van der Waals surface area contributed by atoms with Crippen LogP contribution in [-0.2, 0) is 4.74 Å². The highest BCUT2D eigenvalue weighted by Gasteiger charge is 2.41. The molecule has 1 unspecified atom stereocenters. The van der Waals surface area contributed by atoms with Crippen LogP contribution >= 0.6 is 15.9 Å². The number of hydrogen-bond donors (Lipinski definition) is 1. The van der Waals surface area contributed by atoms with Crippen molar-refractivity contribution in [3.63, 3.8) is 0 Å². The summed E-state index contributed by atoms with van der Waals surface area (Å²) in [7, 11) is 0. The number of carbonyl (C=O) groups is 1. The van der Waals surface area contributed by atoms with Crippen LogP contribution in [-0.4, -0.2) is 18.0 Å². The van der Waals surface area contributed by atoms with Gasteiger partial charge in [0.1, 0.15) is 0 Å². The van der Waals surface area contributed by atoms with E-state index in [0.29, 0.717) is 17.9 Å². The molecule has 114 valence electrons. The van der Waals surface area contributed by atoms with Crippen molar-refractivity contribution in [2.24, 2.45) is 5.92 Å². The molecule has 0 bridgehead atoms. The third kappa shape index (κ3) is 3.16. The molecule has 21 heavy (non-hydrogen) atoms. The molecule has 2 N–H and O–H groups in total. The van der Waals surface area contributed by atoms with Crippen molar-refractivity contribution in [3.05, 3.63) is 28.2 Å². The second-order valence-electron chi connectivity index (χ2n) is 6.38. The van der Waals surface area contributed by atoms with E-state index in [9.17, 15) is 4.79 Å². The van der Waals surface area contributed by atoms with E-state index in [1.54, 1.807) is 0 Å². The maximum Gasteiger partial charge on any atom is 0.168 e. The van der Waals surface area contributed by atoms with E-state index in [2.05, 4.69) is 15.9 Å². The molecule has 1 aromatic rings. The number of ether oxygens (including phenoxy) is 1. The highest BCUT2D eigenvalue weighted by Crippen LogP contribution is 2.41. The van der Waals surface area contributed by atoms with Crippen LogP contribution in [0.1, 0.15) is 55.3 Å². The molecule has 0 amide bonds. The Morgan fingerprint density at radius 2 is 2.05 bits per heavy atom. The zero-order chi connectivity index (χ0) is 14.9. The number of anilines is 1. The van der Waals surface area contributed by atoms with Gasteiger partial charge < -0.3 is 10.5 Å². The summed E-state index contributed by atoms with van der Waals surface area (Å²) >= 11 is 3.39. The summed E-state index contributed by atoms with van der Waals surface area (Å²) in [6.45, 7) is 0.701. The molecule has 2 aliphatic rings. The molecule has 0 aromatic heterocycles. The van der Waals surface area contributed by atoms with Gasteiger partial charge in [0, 0.05) is 28.2 Å². The number of hydrogen-bond acceptors (Lipinski definition) is 3. The van der Waals surface area contributed by atoms with E-state index in [1.165, 1.54) is 19.3 Å². The van der Waals surface area contributed by atoms with Gasteiger partial charge in [0.05, 0.1) is 5.60 Å². The molecular formula is C17H22BrNO2. The van der Waals surface area contributed by atoms with Gasteiger partial charge in [-0.25, -0.2) is 0 Å². The van der Waals surface area contributed by atoms with Crippen LogP contribution in [0.15, 0.2) is 22.7 Å². The molecule has 1 aliphatic carbocycles. The van der Waals surface area contributed by atoms with Crippen LogP contribution in [0.5, 0.6) is 0 Å². The van der Waals surface area contributed by atoms with E-state index in [-0.39, 0.29) is 17.3 Å². The number of Topliss-reactive ketones (excluding diaryl/α,β-unsaturated/α-hetero) is 1. The van der Waals surface area contributed by atoms with Crippen molar-refractivity contribution >= 4 is 27.4 Å². The van der Waals surface area contributed by atoms with E-state index in [0.717, 1.165) is 30.2 Å². The fourth-order valence-corrected chi connectivity index (χ4v) is 4.15. The highest BCUT2D eigenvalue weighted by molar-refractivity contribution is 9.10. The van der Waals surface area contributed by atoms with Gasteiger partial charge in [-0.3, -0.25) is 4.79 Å². The molecule has 1 saturated carbocycles. The lowest BCUT2D eigenvalue weighted by Gasteiger charge is -2.43. The number of nitrogens with two attached hydrogens (primary N) is 1. The number of rotatable bonds is 2. The number of ketones is 1. The Kier molecular flexibility index (Phi) is 4.36. The maximum atomic E-state index is 12.8. The first-order valence-corrected chi connectivity index (χ1v) is 8.62. The number of halogens is 1. The number of nitrogen functional groups attached to an aromatic ring is 1. The molecule has 1 aromatic carbocycles. The molecule has 4 heteroatoms. The number of benzene rings is 1. The molecule has 1 atom stereocenters. The van der Waals surface area contributed by atoms with Crippen molar-refractivity contribution in [2.45, 2.75) is 50.5 Å². The monoisotopic (exact) mass is 351 g/mol. The van der Waals surface area contributed by atoms with Gasteiger partial charge in [0.2, 0.25) is 0 Å². The van der Waals surface area contributed by atoms with Gasteiger partial charge in [-0.05, 0) is 43.9 Å². The molecular weight excluding hydrogens is 330 g/mol. The van der Waals surface area contributed by atoms with Gasteiger partial charge in [0.25, 0.3) is 0 Å². The van der Waals surface area contributed by atoms with E-state index < -0.39 is 0 Å². The fourth-order valence-electron chi connectivity index (χ4n) is 3.77. The zero-order valence-corrected chi connectivity index (χ0v) is 13.8. The first kappa shape index (κ1) is 15.0. The summed E-state index contributed by atoms with van der Waals surface area (Å²) in [5.74, 6) is 0.244. The van der Waals surface area contributed by atoms with Crippen LogP contribution in [0.3, 0.4) is 0 Å². The minimum Gasteiger partial charge on any atom is -0.398 e. The Labute approximate surface area is 134 Å². The molecule has 1 heterocycles. The molecule has 2 fully saturated rings. The molecule has 1 spiro atoms. The average molecular weight is 352 g/mol. The minimum absolute atomic E-state index is 0.0407. The van der Waals surface area contributed by atoms with Crippen LogP contribution < -0.4 is 5.73 Å². The summed E-state index contributed by atoms with van der Waals surface area (Å²) in [5.41, 5.74) is 7.21. The molecule has 3 nitrogen and oxygen atoms in total. The minimum atomic E-state index is -0.0407. The van der Waals surface area contributed by atoms with E-state index >= 15 is 0 Å². The first-order chi connectivity index (χ1) is 10.1. The molecule has 0 radical (unpaired) electrons. The largest absolute Gasteiger partial charge is 0.398 e. The Bertz CT molecular complexity index is 532. The standard InChI is InChI=1S/C17H22BrNO2/c18-13-4-5-14(15(19)10-13)16(20)12-6-9-21-17(11-12)7-2-1-3-8-17/h4-5,10,12H,1-3,6-9,11,19H2. The third-order valence-electron chi connectivity index (χ3n) is 4.91. The highest BCUT2D eigenvalue weighted by atomic mass is 79.9.